The van der Waals surface area contributed by atoms with Gasteiger partial charge in [-0.2, -0.15) is 0 Å². The SMILES string of the molecule is CCCCOC(=O)CN1C(=O)C(C)(C)NC1(C)C. The molecule has 0 aromatic carbocycles. The predicted molar refractivity (Wildman–Crippen MR) is 68.9 cm³/mol. The second-order valence-corrected chi connectivity index (χ2v) is 5.77. The van der Waals surface area contributed by atoms with Crippen molar-refractivity contribution in [3.63, 3.8) is 0 Å². The standard InChI is InChI=1S/C13H24N2O3/c1-6-7-8-18-10(16)9-15-11(17)12(2,3)14-13(15,4)5/h14H,6-9H2,1-5H3. The second-order valence-electron chi connectivity index (χ2n) is 5.77. The van der Waals surface area contributed by atoms with Gasteiger partial charge in [-0.3, -0.25) is 14.9 Å². The number of rotatable bonds is 5. The van der Waals surface area contributed by atoms with E-state index in [0.717, 1.165) is 12.8 Å². The van der Waals surface area contributed by atoms with E-state index in [2.05, 4.69) is 5.32 Å². The average Bonchev–Trinajstić information content (AvgIpc) is 2.37. The third-order valence-electron chi connectivity index (χ3n) is 3.12. The van der Waals surface area contributed by atoms with Crippen molar-refractivity contribution in [2.45, 2.75) is 58.7 Å². The van der Waals surface area contributed by atoms with Gasteiger partial charge < -0.3 is 9.64 Å². The quantitative estimate of drug-likeness (QED) is 0.594. The largest absolute Gasteiger partial charge is 0.464 e. The highest BCUT2D eigenvalue weighted by atomic mass is 16.5. The molecule has 1 amide bonds. The number of ether oxygens (including phenoxy) is 1. The van der Waals surface area contributed by atoms with Crippen molar-refractivity contribution in [1.82, 2.24) is 10.2 Å². The molecule has 0 radical (unpaired) electrons. The first-order valence-corrected chi connectivity index (χ1v) is 6.48. The number of hydrogen-bond donors (Lipinski definition) is 1. The Kier molecular flexibility index (Phi) is 4.37. The first-order valence-electron chi connectivity index (χ1n) is 6.48. The summed E-state index contributed by atoms with van der Waals surface area (Å²) < 4.78 is 5.09. The van der Waals surface area contributed by atoms with Crippen molar-refractivity contribution in [3.05, 3.63) is 0 Å². The minimum Gasteiger partial charge on any atom is -0.464 e. The lowest BCUT2D eigenvalue weighted by molar-refractivity contribution is -0.151. The highest BCUT2D eigenvalue weighted by Crippen LogP contribution is 2.27. The van der Waals surface area contributed by atoms with Crippen LogP contribution in [0.5, 0.6) is 0 Å². The van der Waals surface area contributed by atoms with Crippen molar-refractivity contribution < 1.29 is 14.3 Å². The van der Waals surface area contributed by atoms with Crippen LogP contribution in [0.2, 0.25) is 0 Å². The molecule has 1 aliphatic heterocycles. The van der Waals surface area contributed by atoms with Crippen LogP contribution in [0.1, 0.15) is 47.5 Å². The number of nitrogens with zero attached hydrogens (tertiary/aromatic N) is 1. The van der Waals surface area contributed by atoms with Crippen molar-refractivity contribution in [2.75, 3.05) is 13.2 Å². The van der Waals surface area contributed by atoms with Crippen molar-refractivity contribution in [2.24, 2.45) is 0 Å². The maximum absolute atomic E-state index is 12.2. The summed E-state index contributed by atoms with van der Waals surface area (Å²) in [5, 5.41) is 3.21. The monoisotopic (exact) mass is 256 g/mol. The first-order chi connectivity index (χ1) is 8.20. The zero-order chi connectivity index (χ0) is 14.0. The minimum atomic E-state index is -0.632. The molecule has 1 rings (SSSR count). The van der Waals surface area contributed by atoms with Crippen molar-refractivity contribution in [3.8, 4) is 0 Å². The Labute approximate surface area is 109 Å². The summed E-state index contributed by atoms with van der Waals surface area (Å²) in [5.74, 6) is -0.413. The molecular formula is C13H24N2O3. The van der Waals surface area contributed by atoms with Gasteiger partial charge in [-0.1, -0.05) is 13.3 Å². The minimum absolute atomic E-state index is 0.00593. The Morgan fingerprint density at radius 3 is 2.39 bits per heavy atom. The zero-order valence-corrected chi connectivity index (χ0v) is 12.0. The third kappa shape index (κ3) is 3.22. The van der Waals surface area contributed by atoms with Gasteiger partial charge in [-0.25, -0.2) is 0 Å². The van der Waals surface area contributed by atoms with Gasteiger partial charge in [-0.05, 0) is 34.1 Å². The van der Waals surface area contributed by atoms with Crippen LogP contribution in [0.25, 0.3) is 0 Å². The molecule has 0 aliphatic carbocycles. The molecule has 5 heteroatoms. The Balaban J connectivity index is 2.60. The summed E-state index contributed by atoms with van der Waals surface area (Å²) in [5.41, 5.74) is -1.16. The maximum atomic E-state index is 12.2. The van der Waals surface area contributed by atoms with Crippen LogP contribution in [0.15, 0.2) is 0 Å². The molecule has 0 atom stereocenters. The summed E-state index contributed by atoms with van der Waals surface area (Å²) in [6, 6.07) is 0. The smallest absolute Gasteiger partial charge is 0.325 e. The Bertz CT molecular complexity index is 337. The summed E-state index contributed by atoms with van der Waals surface area (Å²) in [6.45, 7) is 9.88. The van der Waals surface area contributed by atoms with Gasteiger partial charge in [-0.15, -0.1) is 0 Å². The van der Waals surface area contributed by atoms with Gasteiger partial charge in [0.15, 0.2) is 0 Å². The van der Waals surface area contributed by atoms with E-state index in [4.69, 9.17) is 4.74 Å². The van der Waals surface area contributed by atoms with Gasteiger partial charge in [0.1, 0.15) is 6.54 Å². The van der Waals surface area contributed by atoms with E-state index in [1.54, 1.807) is 4.90 Å². The second kappa shape index (κ2) is 5.26. The van der Waals surface area contributed by atoms with Crippen molar-refractivity contribution >= 4 is 11.9 Å². The van der Waals surface area contributed by atoms with Crippen LogP contribution in [0.4, 0.5) is 0 Å². The molecule has 1 N–H and O–H groups in total. The van der Waals surface area contributed by atoms with E-state index >= 15 is 0 Å². The molecule has 0 bridgehead atoms. The van der Waals surface area contributed by atoms with Crippen LogP contribution in [0.3, 0.4) is 0 Å². The molecule has 1 aliphatic rings. The third-order valence-corrected chi connectivity index (χ3v) is 3.12. The fraction of sp³-hybridized carbons (Fsp3) is 0.846. The Morgan fingerprint density at radius 2 is 1.94 bits per heavy atom. The van der Waals surface area contributed by atoms with E-state index in [9.17, 15) is 9.59 Å². The van der Waals surface area contributed by atoms with E-state index in [-0.39, 0.29) is 18.4 Å². The lowest BCUT2D eigenvalue weighted by atomic mass is 10.1. The molecule has 0 aromatic heterocycles. The summed E-state index contributed by atoms with van der Waals surface area (Å²) in [4.78, 5) is 25.4. The number of carbonyl (C=O) groups excluding carboxylic acids is 2. The van der Waals surface area contributed by atoms with E-state index < -0.39 is 11.2 Å². The fourth-order valence-electron chi connectivity index (χ4n) is 2.25. The molecular weight excluding hydrogens is 232 g/mol. The molecule has 1 fully saturated rings. The molecule has 1 heterocycles. The molecule has 1 saturated heterocycles. The predicted octanol–water partition coefficient (Wildman–Crippen LogP) is 1.28. The highest BCUT2D eigenvalue weighted by molar-refractivity contribution is 5.91. The number of hydrogen-bond acceptors (Lipinski definition) is 4. The lowest BCUT2D eigenvalue weighted by Gasteiger charge is -2.30. The van der Waals surface area contributed by atoms with Gasteiger partial charge in [0.2, 0.25) is 5.91 Å². The lowest BCUT2D eigenvalue weighted by Crippen LogP contribution is -2.50. The molecule has 0 saturated carbocycles. The van der Waals surface area contributed by atoms with E-state index in [0.29, 0.717) is 6.61 Å². The average molecular weight is 256 g/mol. The highest BCUT2D eigenvalue weighted by Gasteiger charge is 2.49. The normalized spacial score (nSPS) is 21.2. The van der Waals surface area contributed by atoms with Gasteiger partial charge >= 0.3 is 5.97 Å². The van der Waals surface area contributed by atoms with Crippen LogP contribution in [-0.4, -0.2) is 41.1 Å². The van der Waals surface area contributed by atoms with E-state index in [1.807, 2.05) is 34.6 Å². The topological polar surface area (TPSA) is 58.6 Å². The number of unbranched alkanes of at least 4 members (excludes halogenated alkanes) is 1. The number of carbonyl (C=O) groups is 2. The Hall–Kier alpha value is -1.10. The van der Waals surface area contributed by atoms with Gasteiger partial charge in [0.05, 0.1) is 17.8 Å². The zero-order valence-electron chi connectivity index (χ0n) is 12.0. The molecule has 5 nitrogen and oxygen atoms in total. The number of amides is 1. The van der Waals surface area contributed by atoms with Crippen LogP contribution in [-0.2, 0) is 14.3 Å². The van der Waals surface area contributed by atoms with Gasteiger partial charge in [0, 0.05) is 0 Å². The molecule has 104 valence electrons. The maximum Gasteiger partial charge on any atom is 0.325 e. The molecule has 0 aromatic rings. The summed E-state index contributed by atoms with van der Waals surface area (Å²) in [6.07, 6.45) is 1.84. The number of esters is 1. The summed E-state index contributed by atoms with van der Waals surface area (Å²) in [7, 11) is 0. The molecule has 0 spiro atoms. The van der Waals surface area contributed by atoms with Crippen LogP contribution in [0, 0.1) is 0 Å². The van der Waals surface area contributed by atoms with E-state index in [1.165, 1.54) is 0 Å². The molecule has 0 unspecified atom stereocenters. The van der Waals surface area contributed by atoms with Gasteiger partial charge in [0.25, 0.3) is 0 Å². The van der Waals surface area contributed by atoms with Crippen LogP contribution >= 0.6 is 0 Å². The van der Waals surface area contributed by atoms with Crippen molar-refractivity contribution in [1.29, 1.82) is 0 Å². The summed E-state index contributed by atoms with van der Waals surface area (Å²) >= 11 is 0. The van der Waals surface area contributed by atoms with Crippen LogP contribution < -0.4 is 5.32 Å². The number of nitrogens with one attached hydrogen (secondary N) is 1. The Morgan fingerprint density at radius 1 is 1.33 bits per heavy atom. The first kappa shape index (κ1) is 15.0. The molecule has 18 heavy (non-hydrogen) atoms. The fourth-order valence-corrected chi connectivity index (χ4v) is 2.25.